The predicted octanol–water partition coefficient (Wildman–Crippen LogP) is 1.84. The second kappa shape index (κ2) is 5.29. The summed E-state index contributed by atoms with van der Waals surface area (Å²) in [5.74, 6) is 1.60. The van der Waals surface area contributed by atoms with Gasteiger partial charge in [-0.2, -0.15) is 0 Å². The highest BCUT2D eigenvalue weighted by Gasteiger charge is 2.19. The van der Waals surface area contributed by atoms with Gasteiger partial charge in [-0.15, -0.1) is 21.5 Å². The third kappa shape index (κ3) is 2.32. The topological polar surface area (TPSA) is 68.8 Å². The summed E-state index contributed by atoms with van der Waals surface area (Å²) in [4.78, 5) is 1.11. The Hall–Kier alpha value is -1.40. The number of hydrogen-bond donors (Lipinski definition) is 2. The van der Waals surface area contributed by atoms with Crippen molar-refractivity contribution < 1.29 is 0 Å². The zero-order valence-corrected chi connectivity index (χ0v) is 10.9. The molecule has 0 bridgehead atoms. The van der Waals surface area contributed by atoms with E-state index in [9.17, 15) is 0 Å². The van der Waals surface area contributed by atoms with E-state index in [4.69, 9.17) is 5.73 Å². The molecular weight excluding hydrogens is 234 g/mol. The minimum Gasteiger partial charge on any atom is -0.355 e. The van der Waals surface area contributed by atoms with Crippen LogP contribution in [0, 0.1) is 0 Å². The predicted molar refractivity (Wildman–Crippen MR) is 70.2 cm³/mol. The second-order valence-corrected chi connectivity index (χ2v) is 4.63. The first-order chi connectivity index (χ1) is 8.27. The van der Waals surface area contributed by atoms with Crippen LogP contribution < -0.4 is 11.1 Å². The van der Waals surface area contributed by atoms with Gasteiger partial charge in [0.2, 0.25) is 5.95 Å². The van der Waals surface area contributed by atoms with Crippen molar-refractivity contribution in [1.82, 2.24) is 14.8 Å². The number of nitrogens with two attached hydrogens (primary N) is 1. The molecule has 5 nitrogen and oxygen atoms in total. The Morgan fingerprint density at radius 2 is 2.29 bits per heavy atom. The molecule has 2 rings (SSSR count). The van der Waals surface area contributed by atoms with Gasteiger partial charge in [0.1, 0.15) is 6.04 Å². The maximum atomic E-state index is 6.21. The van der Waals surface area contributed by atoms with Gasteiger partial charge >= 0.3 is 0 Å². The molecule has 6 heteroatoms. The van der Waals surface area contributed by atoms with E-state index in [0.29, 0.717) is 0 Å². The zero-order chi connectivity index (χ0) is 12.3. The van der Waals surface area contributed by atoms with Gasteiger partial charge in [-0.1, -0.05) is 6.07 Å². The fraction of sp³-hybridized carbons (Fsp3) is 0.455. The van der Waals surface area contributed by atoms with Crippen LogP contribution in [-0.2, 0) is 6.54 Å². The number of nitrogens with zero attached hydrogens (tertiary/aromatic N) is 3. The van der Waals surface area contributed by atoms with Gasteiger partial charge in [-0.3, -0.25) is 4.57 Å². The summed E-state index contributed by atoms with van der Waals surface area (Å²) in [6.45, 7) is 5.73. The lowest BCUT2D eigenvalue weighted by Crippen LogP contribution is -2.17. The number of rotatable bonds is 5. The summed E-state index contributed by atoms with van der Waals surface area (Å²) in [5, 5.41) is 13.5. The Kier molecular flexibility index (Phi) is 3.75. The summed E-state index contributed by atoms with van der Waals surface area (Å²) in [6.07, 6.45) is 0. The molecule has 0 radical (unpaired) electrons. The first kappa shape index (κ1) is 12.1. The molecular formula is C11H17N5S. The summed E-state index contributed by atoms with van der Waals surface area (Å²) >= 11 is 1.64. The fourth-order valence-corrected chi connectivity index (χ4v) is 2.46. The highest BCUT2D eigenvalue weighted by atomic mass is 32.1. The molecule has 0 aliphatic rings. The van der Waals surface area contributed by atoms with Crippen LogP contribution in [0.4, 0.5) is 5.95 Å². The Morgan fingerprint density at radius 3 is 2.88 bits per heavy atom. The van der Waals surface area contributed by atoms with Crippen molar-refractivity contribution in [3.05, 3.63) is 28.2 Å². The van der Waals surface area contributed by atoms with E-state index in [2.05, 4.69) is 22.4 Å². The molecule has 0 aromatic carbocycles. The van der Waals surface area contributed by atoms with E-state index < -0.39 is 0 Å². The van der Waals surface area contributed by atoms with E-state index in [1.807, 2.05) is 29.0 Å². The molecule has 3 N–H and O–H groups in total. The van der Waals surface area contributed by atoms with Gasteiger partial charge in [0.05, 0.1) is 0 Å². The molecule has 2 heterocycles. The molecule has 17 heavy (non-hydrogen) atoms. The summed E-state index contributed by atoms with van der Waals surface area (Å²) < 4.78 is 2.02. The Labute approximate surface area is 105 Å². The van der Waals surface area contributed by atoms with Crippen molar-refractivity contribution in [3.8, 4) is 0 Å². The van der Waals surface area contributed by atoms with Gasteiger partial charge in [-0.25, -0.2) is 0 Å². The van der Waals surface area contributed by atoms with Crippen LogP contribution >= 0.6 is 11.3 Å². The lowest BCUT2D eigenvalue weighted by atomic mass is 10.2. The Bertz CT molecular complexity index is 462. The Balaban J connectivity index is 2.32. The average Bonchev–Trinajstić information content (AvgIpc) is 2.97. The standard InChI is InChI=1S/C11H17N5S/c1-3-13-11-15-14-10(16(11)4-2)9(12)8-6-5-7-17-8/h5-7,9H,3-4,12H2,1-2H3,(H,13,15). The van der Waals surface area contributed by atoms with Crippen LogP contribution in [0.3, 0.4) is 0 Å². The molecule has 2 aromatic rings. The van der Waals surface area contributed by atoms with Gasteiger partial charge in [0.25, 0.3) is 0 Å². The van der Waals surface area contributed by atoms with Crippen LogP contribution in [0.1, 0.15) is 30.6 Å². The van der Waals surface area contributed by atoms with Crippen LogP contribution in [0.15, 0.2) is 17.5 Å². The van der Waals surface area contributed by atoms with Gasteiger partial charge in [-0.05, 0) is 25.3 Å². The summed E-state index contributed by atoms with van der Waals surface area (Å²) in [6, 6.07) is 3.82. The van der Waals surface area contributed by atoms with Crippen molar-refractivity contribution in [1.29, 1.82) is 0 Å². The number of nitrogens with one attached hydrogen (secondary N) is 1. The molecule has 1 unspecified atom stereocenters. The molecule has 0 spiro atoms. The molecule has 1 atom stereocenters. The summed E-state index contributed by atoms with van der Waals surface area (Å²) in [5.41, 5.74) is 6.21. The second-order valence-electron chi connectivity index (χ2n) is 3.65. The Morgan fingerprint density at radius 1 is 1.47 bits per heavy atom. The van der Waals surface area contributed by atoms with E-state index >= 15 is 0 Å². The van der Waals surface area contributed by atoms with Crippen molar-refractivity contribution >= 4 is 17.3 Å². The van der Waals surface area contributed by atoms with E-state index in [-0.39, 0.29) is 6.04 Å². The molecule has 0 fully saturated rings. The normalized spacial score (nSPS) is 12.6. The molecule has 0 aliphatic heterocycles. The fourth-order valence-electron chi connectivity index (χ4n) is 1.74. The van der Waals surface area contributed by atoms with Crippen molar-refractivity contribution in [3.63, 3.8) is 0 Å². The lowest BCUT2D eigenvalue weighted by Gasteiger charge is -2.12. The smallest absolute Gasteiger partial charge is 0.224 e. The highest BCUT2D eigenvalue weighted by Crippen LogP contribution is 2.23. The minimum atomic E-state index is -0.199. The number of hydrogen-bond acceptors (Lipinski definition) is 5. The average molecular weight is 251 g/mol. The molecule has 0 saturated heterocycles. The van der Waals surface area contributed by atoms with Gasteiger partial charge in [0, 0.05) is 18.0 Å². The summed E-state index contributed by atoms with van der Waals surface area (Å²) in [7, 11) is 0. The van der Waals surface area contributed by atoms with E-state index in [1.54, 1.807) is 11.3 Å². The first-order valence-corrected chi connectivity index (χ1v) is 6.61. The van der Waals surface area contributed by atoms with Crippen LogP contribution in [0.5, 0.6) is 0 Å². The first-order valence-electron chi connectivity index (χ1n) is 5.73. The van der Waals surface area contributed by atoms with Gasteiger partial charge in [0.15, 0.2) is 5.82 Å². The number of aromatic nitrogens is 3. The van der Waals surface area contributed by atoms with Crippen molar-refractivity contribution in [2.45, 2.75) is 26.4 Å². The van der Waals surface area contributed by atoms with Crippen LogP contribution in [0.25, 0.3) is 0 Å². The van der Waals surface area contributed by atoms with Crippen LogP contribution in [0.2, 0.25) is 0 Å². The molecule has 92 valence electrons. The van der Waals surface area contributed by atoms with Crippen molar-refractivity contribution in [2.24, 2.45) is 5.73 Å². The lowest BCUT2D eigenvalue weighted by molar-refractivity contribution is 0.664. The maximum absolute atomic E-state index is 6.21. The zero-order valence-electron chi connectivity index (χ0n) is 10.1. The third-order valence-corrected chi connectivity index (χ3v) is 3.51. The quantitative estimate of drug-likeness (QED) is 0.850. The number of thiophene rings is 1. The molecule has 2 aromatic heterocycles. The van der Waals surface area contributed by atoms with Gasteiger partial charge < -0.3 is 11.1 Å². The monoisotopic (exact) mass is 251 g/mol. The maximum Gasteiger partial charge on any atom is 0.224 e. The van der Waals surface area contributed by atoms with Crippen molar-refractivity contribution in [2.75, 3.05) is 11.9 Å². The molecule has 0 aliphatic carbocycles. The largest absolute Gasteiger partial charge is 0.355 e. The molecule has 0 saturated carbocycles. The van der Waals surface area contributed by atoms with E-state index in [0.717, 1.165) is 29.7 Å². The van der Waals surface area contributed by atoms with E-state index in [1.165, 1.54) is 0 Å². The highest BCUT2D eigenvalue weighted by molar-refractivity contribution is 7.10. The minimum absolute atomic E-state index is 0.199. The molecule has 0 amide bonds. The van der Waals surface area contributed by atoms with Crippen LogP contribution in [-0.4, -0.2) is 21.3 Å². The third-order valence-electron chi connectivity index (χ3n) is 2.56. The SMILES string of the molecule is CCNc1nnc(C(N)c2cccs2)n1CC. The number of anilines is 1.